The molecule has 1 spiro atoms. The topological polar surface area (TPSA) is 61.8 Å². The molecule has 2 saturated carbocycles. The van der Waals surface area contributed by atoms with Gasteiger partial charge in [0, 0.05) is 36.4 Å². The van der Waals surface area contributed by atoms with E-state index in [1.165, 1.54) is 12.8 Å². The molecule has 3 atom stereocenters. The monoisotopic (exact) mass is 426 g/mol. The normalized spacial score (nSPS) is 35.5. The molecule has 5 rings (SSSR count). The summed E-state index contributed by atoms with van der Waals surface area (Å²) in [5.74, 6) is 1.68. The molecule has 1 aromatic rings. The first-order valence-corrected chi connectivity index (χ1v) is 12.2. The van der Waals surface area contributed by atoms with Crippen LogP contribution in [0.1, 0.15) is 75.8 Å². The maximum absolute atomic E-state index is 13.4. The molecule has 0 aromatic heterocycles. The Morgan fingerprint density at radius 3 is 2.65 bits per heavy atom. The van der Waals surface area contributed by atoms with Gasteiger partial charge in [-0.2, -0.15) is 0 Å². The highest BCUT2D eigenvalue weighted by Crippen LogP contribution is 2.56. The van der Waals surface area contributed by atoms with Crippen LogP contribution in [0.2, 0.25) is 0 Å². The predicted octanol–water partition coefficient (Wildman–Crippen LogP) is 3.70. The smallest absolute Gasteiger partial charge is 0.221 e. The number of nitrogens with zero attached hydrogens (tertiary/aromatic N) is 1. The summed E-state index contributed by atoms with van der Waals surface area (Å²) in [5.41, 5.74) is 0.397. The third kappa shape index (κ3) is 3.39. The van der Waals surface area contributed by atoms with Gasteiger partial charge in [0.05, 0.1) is 12.7 Å². The number of benzene rings is 1. The predicted molar refractivity (Wildman–Crippen MR) is 121 cm³/mol. The van der Waals surface area contributed by atoms with E-state index >= 15 is 0 Å². The zero-order valence-electron chi connectivity index (χ0n) is 19.4. The second kappa shape index (κ2) is 7.48. The van der Waals surface area contributed by atoms with Crippen molar-refractivity contribution in [1.29, 1.82) is 0 Å². The van der Waals surface area contributed by atoms with Gasteiger partial charge in [-0.05, 0) is 81.7 Å². The van der Waals surface area contributed by atoms with E-state index in [0.717, 1.165) is 68.0 Å². The van der Waals surface area contributed by atoms with Crippen LogP contribution in [-0.4, -0.2) is 53.3 Å². The Labute approximate surface area is 186 Å². The van der Waals surface area contributed by atoms with Crippen LogP contribution in [-0.2, 0) is 10.2 Å². The van der Waals surface area contributed by atoms with E-state index in [9.17, 15) is 9.90 Å². The second-order valence-corrected chi connectivity index (χ2v) is 10.9. The Hall–Kier alpha value is -1.59. The highest BCUT2D eigenvalue weighted by molar-refractivity contribution is 5.80. The van der Waals surface area contributed by atoms with Gasteiger partial charge < -0.3 is 15.2 Å². The molecule has 2 saturated heterocycles. The minimum Gasteiger partial charge on any atom is -0.497 e. The van der Waals surface area contributed by atoms with E-state index in [0.29, 0.717) is 12.8 Å². The van der Waals surface area contributed by atoms with Crippen LogP contribution in [0.4, 0.5) is 0 Å². The van der Waals surface area contributed by atoms with E-state index in [4.69, 9.17) is 4.74 Å². The van der Waals surface area contributed by atoms with Crippen molar-refractivity contribution in [2.24, 2.45) is 5.92 Å². The van der Waals surface area contributed by atoms with Crippen molar-refractivity contribution in [3.8, 4) is 5.75 Å². The van der Waals surface area contributed by atoms with Crippen molar-refractivity contribution in [1.82, 2.24) is 10.2 Å². The summed E-state index contributed by atoms with van der Waals surface area (Å²) < 4.78 is 5.58. The summed E-state index contributed by atoms with van der Waals surface area (Å²) in [7, 11) is 1.69. The Morgan fingerprint density at radius 1 is 1.23 bits per heavy atom. The number of aliphatic hydroxyl groups is 1. The number of fused-ring (bicyclic) bond motifs is 1. The van der Waals surface area contributed by atoms with Crippen LogP contribution in [0.3, 0.4) is 0 Å². The molecule has 4 aliphatic rings. The summed E-state index contributed by atoms with van der Waals surface area (Å²) >= 11 is 0. The fraction of sp³-hybridized carbons (Fsp3) is 0.731. The molecule has 1 amide bonds. The number of hydrogen-bond acceptors (Lipinski definition) is 4. The number of rotatable bonds is 4. The second-order valence-electron chi connectivity index (χ2n) is 10.9. The minimum absolute atomic E-state index is 0.0117. The van der Waals surface area contributed by atoms with Gasteiger partial charge in [-0.15, -0.1) is 0 Å². The van der Waals surface area contributed by atoms with E-state index < -0.39 is 11.0 Å². The fourth-order valence-electron chi connectivity index (χ4n) is 7.12. The summed E-state index contributed by atoms with van der Waals surface area (Å²) in [6, 6.07) is 6.16. The number of amides is 1. The summed E-state index contributed by atoms with van der Waals surface area (Å²) in [6.45, 7) is 6.32. The largest absolute Gasteiger partial charge is 0.497 e. The number of methoxy groups -OCH3 is 1. The number of aryl methyl sites for hydroxylation is 1. The molecule has 3 unspecified atom stereocenters. The maximum Gasteiger partial charge on any atom is 0.221 e. The van der Waals surface area contributed by atoms with Crippen LogP contribution in [0.25, 0.3) is 0 Å². The van der Waals surface area contributed by atoms with E-state index in [1.54, 1.807) is 7.11 Å². The third-order valence-electron chi connectivity index (χ3n) is 9.08. The molecule has 0 bridgehead atoms. The van der Waals surface area contributed by atoms with Crippen molar-refractivity contribution in [2.45, 2.75) is 94.2 Å². The van der Waals surface area contributed by atoms with Gasteiger partial charge in [0.15, 0.2) is 0 Å². The Morgan fingerprint density at radius 2 is 1.97 bits per heavy atom. The molecular weight excluding hydrogens is 388 g/mol. The van der Waals surface area contributed by atoms with Gasteiger partial charge in [0.25, 0.3) is 0 Å². The zero-order valence-corrected chi connectivity index (χ0v) is 19.4. The summed E-state index contributed by atoms with van der Waals surface area (Å²) in [6.07, 6.45) is 8.62. The Kier molecular flexibility index (Phi) is 5.13. The highest BCUT2D eigenvalue weighted by atomic mass is 16.5. The zero-order chi connectivity index (χ0) is 21.9. The summed E-state index contributed by atoms with van der Waals surface area (Å²) in [5, 5.41) is 16.2. The van der Waals surface area contributed by atoms with E-state index in [-0.39, 0.29) is 17.5 Å². The van der Waals surface area contributed by atoms with Gasteiger partial charge in [0.2, 0.25) is 5.91 Å². The van der Waals surface area contributed by atoms with Crippen LogP contribution in [0.5, 0.6) is 5.75 Å². The van der Waals surface area contributed by atoms with Crippen LogP contribution < -0.4 is 10.1 Å². The number of carbonyl (C=O) groups is 1. The molecular formula is C26H38N2O3. The Balaban J connectivity index is 1.65. The molecule has 170 valence electrons. The minimum atomic E-state index is -0.971. The first-order chi connectivity index (χ1) is 14.8. The van der Waals surface area contributed by atoms with E-state index in [2.05, 4.69) is 36.2 Å². The van der Waals surface area contributed by atoms with Crippen molar-refractivity contribution < 1.29 is 14.6 Å². The van der Waals surface area contributed by atoms with Crippen molar-refractivity contribution in [3.05, 3.63) is 29.3 Å². The number of piperidine rings is 1. The standard InChI is InChI=1S/C26H38N2O3/c1-18-6-9-21(31-3)14-22(18)25-12-13-28(16-20-7-8-20)19(2)26(25,30)17-24(10-4-5-11-24)27-23(29)15-25/h6,9,14,19-20,30H,4-5,7-8,10-13,15-17H2,1-3H3,(H,27,29). The van der Waals surface area contributed by atoms with Gasteiger partial charge in [-0.25, -0.2) is 0 Å². The quantitative estimate of drug-likeness (QED) is 0.771. The lowest BCUT2D eigenvalue weighted by molar-refractivity contribution is -0.148. The molecule has 2 N–H and O–H groups in total. The Bertz CT molecular complexity index is 860. The van der Waals surface area contributed by atoms with Crippen molar-refractivity contribution in [3.63, 3.8) is 0 Å². The third-order valence-corrected chi connectivity index (χ3v) is 9.08. The fourth-order valence-corrected chi connectivity index (χ4v) is 7.12. The molecule has 5 nitrogen and oxygen atoms in total. The average Bonchev–Trinajstić information content (AvgIpc) is 3.47. The number of hydrogen-bond donors (Lipinski definition) is 2. The SMILES string of the molecule is COc1ccc(C)c(C23CCN(CC4CC4)C(C)C2(O)CC2(CCCC2)NC(=O)C3)c1. The summed E-state index contributed by atoms with van der Waals surface area (Å²) in [4.78, 5) is 15.9. The number of likely N-dealkylation sites (tertiary alicyclic amines) is 1. The van der Waals surface area contributed by atoms with Crippen molar-refractivity contribution in [2.75, 3.05) is 20.2 Å². The number of carbonyl (C=O) groups excluding carboxylic acids is 1. The van der Waals surface area contributed by atoms with Crippen molar-refractivity contribution >= 4 is 5.91 Å². The number of nitrogens with one attached hydrogen (secondary N) is 1. The molecule has 0 radical (unpaired) electrons. The van der Waals surface area contributed by atoms with Gasteiger partial charge in [-0.3, -0.25) is 9.69 Å². The first kappa shape index (κ1) is 21.3. The molecule has 2 aliphatic carbocycles. The average molecular weight is 427 g/mol. The molecule has 5 heteroatoms. The lowest BCUT2D eigenvalue weighted by atomic mass is 9.55. The number of ether oxygens (including phenoxy) is 1. The van der Waals surface area contributed by atoms with Crippen LogP contribution in [0.15, 0.2) is 18.2 Å². The highest BCUT2D eigenvalue weighted by Gasteiger charge is 2.64. The molecule has 31 heavy (non-hydrogen) atoms. The lowest BCUT2D eigenvalue weighted by Crippen LogP contribution is -2.69. The van der Waals surface area contributed by atoms with Gasteiger partial charge in [-0.1, -0.05) is 18.9 Å². The maximum atomic E-state index is 13.4. The molecule has 2 aliphatic heterocycles. The first-order valence-electron chi connectivity index (χ1n) is 12.2. The van der Waals surface area contributed by atoms with Gasteiger partial charge in [0.1, 0.15) is 5.75 Å². The van der Waals surface area contributed by atoms with Crippen LogP contribution in [0, 0.1) is 12.8 Å². The van der Waals surface area contributed by atoms with Crippen LogP contribution >= 0.6 is 0 Å². The lowest BCUT2D eigenvalue weighted by Gasteiger charge is -2.58. The molecule has 1 aromatic carbocycles. The van der Waals surface area contributed by atoms with Gasteiger partial charge >= 0.3 is 0 Å². The molecule has 2 heterocycles. The van der Waals surface area contributed by atoms with E-state index in [1.807, 2.05) is 6.07 Å². The molecule has 4 fully saturated rings.